The first-order chi connectivity index (χ1) is 13.4. The van der Waals surface area contributed by atoms with Gasteiger partial charge in [-0.25, -0.2) is 4.98 Å². The lowest BCUT2D eigenvalue weighted by Crippen LogP contribution is -2.24. The Kier molecular flexibility index (Phi) is 5.18. The summed E-state index contributed by atoms with van der Waals surface area (Å²) in [6, 6.07) is 1.69. The SMILES string of the molecule is CCc1cc(=O)n2nc(N3CCCC3c3c(C)nn(CC(C)C)c3Cl)sc2n1. The third kappa shape index (κ3) is 3.33. The van der Waals surface area contributed by atoms with Gasteiger partial charge in [0.25, 0.3) is 5.56 Å². The minimum atomic E-state index is -0.126. The molecule has 0 saturated carbocycles. The molecule has 1 saturated heterocycles. The van der Waals surface area contributed by atoms with Crippen LogP contribution in [-0.2, 0) is 13.0 Å². The summed E-state index contributed by atoms with van der Waals surface area (Å²) in [6.45, 7) is 10.0. The minimum absolute atomic E-state index is 0.121. The highest BCUT2D eigenvalue weighted by Gasteiger charge is 2.33. The minimum Gasteiger partial charge on any atom is -0.339 e. The van der Waals surface area contributed by atoms with E-state index in [0.29, 0.717) is 16.0 Å². The topological polar surface area (TPSA) is 68.3 Å². The standard InChI is InChI=1S/C19H25ClN6OS/c1-5-13-9-15(27)26-18(21-13)28-19(23-26)24-8-6-7-14(24)16-12(4)22-25(17(16)20)10-11(2)3/h9,11,14H,5-8,10H2,1-4H3. The fourth-order valence-corrected chi connectivity index (χ4v) is 5.22. The van der Waals surface area contributed by atoms with Crippen LogP contribution in [0.3, 0.4) is 0 Å². The second kappa shape index (κ2) is 7.48. The van der Waals surface area contributed by atoms with Crippen LogP contribution < -0.4 is 10.5 Å². The molecule has 1 fully saturated rings. The van der Waals surface area contributed by atoms with Crippen molar-refractivity contribution in [2.45, 2.75) is 59.5 Å². The van der Waals surface area contributed by atoms with Crippen LogP contribution in [-0.4, -0.2) is 30.9 Å². The van der Waals surface area contributed by atoms with E-state index in [1.165, 1.54) is 15.9 Å². The fourth-order valence-electron chi connectivity index (χ4n) is 3.85. The predicted molar refractivity (Wildman–Crippen MR) is 113 cm³/mol. The molecule has 4 heterocycles. The number of aromatic nitrogens is 5. The summed E-state index contributed by atoms with van der Waals surface area (Å²) >= 11 is 8.20. The summed E-state index contributed by atoms with van der Waals surface area (Å²) in [5.41, 5.74) is 2.71. The highest BCUT2D eigenvalue weighted by Crippen LogP contribution is 2.41. The van der Waals surface area contributed by atoms with E-state index in [4.69, 9.17) is 11.6 Å². The zero-order chi connectivity index (χ0) is 20.0. The summed E-state index contributed by atoms with van der Waals surface area (Å²) in [6.07, 6.45) is 2.77. The number of aryl methyl sites for hydroxylation is 2. The molecule has 0 spiro atoms. The third-order valence-corrected chi connectivity index (χ3v) is 6.47. The van der Waals surface area contributed by atoms with E-state index in [9.17, 15) is 4.79 Å². The van der Waals surface area contributed by atoms with Crippen molar-refractivity contribution in [2.75, 3.05) is 11.4 Å². The van der Waals surface area contributed by atoms with E-state index in [2.05, 4.69) is 33.9 Å². The highest BCUT2D eigenvalue weighted by atomic mass is 35.5. The van der Waals surface area contributed by atoms with Gasteiger partial charge in [-0.3, -0.25) is 9.48 Å². The van der Waals surface area contributed by atoms with E-state index in [1.807, 2.05) is 18.5 Å². The first kappa shape index (κ1) is 19.4. The van der Waals surface area contributed by atoms with E-state index in [1.54, 1.807) is 6.07 Å². The zero-order valence-electron chi connectivity index (χ0n) is 16.6. The normalized spacial score (nSPS) is 17.4. The van der Waals surface area contributed by atoms with Gasteiger partial charge in [-0.15, -0.1) is 5.10 Å². The van der Waals surface area contributed by atoms with Gasteiger partial charge in [-0.1, -0.05) is 43.7 Å². The van der Waals surface area contributed by atoms with Crippen LogP contribution in [0.1, 0.15) is 56.6 Å². The van der Waals surface area contributed by atoms with Gasteiger partial charge in [0.1, 0.15) is 5.15 Å². The molecule has 1 atom stereocenters. The van der Waals surface area contributed by atoms with Crippen molar-refractivity contribution in [2.24, 2.45) is 5.92 Å². The number of rotatable bonds is 5. The molecular weight excluding hydrogens is 396 g/mol. The average Bonchev–Trinajstić information content (AvgIpc) is 3.32. The third-order valence-electron chi connectivity index (χ3n) is 5.13. The van der Waals surface area contributed by atoms with Gasteiger partial charge in [-0.05, 0) is 32.1 Å². The largest absolute Gasteiger partial charge is 0.339 e. The number of anilines is 1. The summed E-state index contributed by atoms with van der Waals surface area (Å²) in [4.78, 5) is 19.8. The van der Waals surface area contributed by atoms with Crippen LogP contribution in [0, 0.1) is 12.8 Å². The summed E-state index contributed by atoms with van der Waals surface area (Å²) in [7, 11) is 0. The van der Waals surface area contributed by atoms with Crippen LogP contribution in [0.25, 0.3) is 4.96 Å². The molecule has 0 aromatic carbocycles. The van der Waals surface area contributed by atoms with Gasteiger partial charge in [-0.2, -0.15) is 9.61 Å². The maximum Gasteiger partial charge on any atom is 0.275 e. The Morgan fingerprint density at radius 1 is 1.36 bits per heavy atom. The first-order valence-corrected chi connectivity index (χ1v) is 11.0. The molecule has 1 aliphatic rings. The summed E-state index contributed by atoms with van der Waals surface area (Å²) < 4.78 is 3.32. The summed E-state index contributed by atoms with van der Waals surface area (Å²) in [5, 5.41) is 10.8. The maximum absolute atomic E-state index is 12.4. The fraction of sp³-hybridized carbons (Fsp3) is 0.579. The van der Waals surface area contributed by atoms with Crippen LogP contribution in [0.2, 0.25) is 5.15 Å². The maximum atomic E-state index is 12.4. The molecule has 1 aliphatic heterocycles. The Morgan fingerprint density at radius 2 is 2.14 bits per heavy atom. The molecule has 150 valence electrons. The number of nitrogens with zero attached hydrogens (tertiary/aromatic N) is 6. The van der Waals surface area contributed by atoms with E-state index in [-0.39, 0.29) is 11.6 Å². The molecule has 7 nitrogen and oxygen atoms in total. The average molecular weight is 421 g/mol. The number of fused-ring (bicyclic) bond motifs is 1. The van der Waals surface area contributed by atoms with Crippen LogP contribution in [0.15, 0.2) is 10.9 Å². The van der Waals surface area contributed by atoms with Gasteiger partial charge in [0.15, 0.2) is 0 Å². The smallest absolute Gasteiger partial charge is 0.275 e. The Morgan fingerprint density at radius 3 is 2.86 bits per heavy atom. The lowest BCUT2D eigenvalue weighted by atomic mass is 10.1. The van der Waals surface area contributed by atoms with Gasteiger partial charge in [0.05, 0.1) is 11.7 Å². The van der Waals surface area contributed by atoms with E-state index >= 15 is 0 Å². The second-order valence-electron chi connectivity index (χ2n) is 7.74. The molecule has 0 N–H and O–H groups in total. The Balaban J connectivity index is 1.74. The van der Waals surface area contributed by atoms with Crippen molar-refractivity contribution < 1.29 is 0 Å². The van der Waals surface area contributed by atoms with Crippen molar-refractivity contribution in [3.05, 3.63) is 38.5 Å². The molecule has 1 unspecified atom stereocenters. The lowest BCUT2D eigenvalue weighted by molar-refractivity contribution is 0.481. The van der Waals surface area contributed by atoms with Gasteiger partial charge in [0, 0.05) is 30.4 Å². The van der Waals surface area contributed by atoms with Crippen molar-refractivity contribution in [3.8, 4) is 0 Å². The molecule has 0 aliphatic carbocycles. The molecule has 28 heavy (non-hydrogen) atoms. The molecule has 3 aromatic rings. The van der Waals surface area contributed by atoms with Crippen LogP contribution >= 0.6 is 22.9 Å². The molecule has 0 radical (unpaired) electrons. The van der Waals surface area contributed by atoms with E-state index < -0.39 is 0 Å². The molecule has 9 heteroatoms. The Labute approximate surface area is 173 Å². The number of halogens is 1. The zero-order valence-corrected chi connectivity index (χ0v) is 18.2. The van der Waals surface area contributed by atoms with Crippen molar-refractivity contribution in [1.82, 2.24) is 24.4 Å². The molecular formula is C19H25ClN6OS. The van der Waals surface area contributed by atoms with Crippen molar-refractivity contribution >= 4 is 33.0 Å². The van der Waals surface area contributed by atoms with Gasteiger partial charge < -0.3 is 4.90 Å². The Bertz CT molecular complexity index is 1070. The van der Waals surface area contributed by atoms with Gasteiger partial charge >= 0.3 is 0 Å². The van der Waals surface area contributed by atoms with Crippen molar-refractivity contribution in [1.29, 1.82) is 0 Å². The quantitative estimate of drug-likeness (QED) is 0.626. The predicted octanol–water partition coefficient (Wildman–Crippen LogP) is 3.87. The lowest BCUT2D eigenvalue weighted by Gasteiger charge is -2.23. The summed E-state index contributed by atoms with van der Waals surface area (Å²) in [5.74, 6) is 0.472. The molecule has 4 rings (SSSR count). The van der Waals surface area contributed by atoms with Crippen LogP contribution in [0.4, 0.5) is 5.13 Å². The van der Waals surface area contributed by atoms with Crippen LogP contribution in [0.5, 0.6) is 0 Å². The van der Waals surface area contributed by atoms with Crippen molar-refractivity contribution in [3.63, 3.8) is 0 Å². The molecule has 3 aromatic heterocycles. The molecule has 0 amide bonds. The number of hydrogen-bond acceptors (Lipinski definition) is 6. The van der Waals surface area contributed by atoms with Gasteiger partial charge in [0.2, 0.25) is 10.1 Å². The monoisotopic (exact) mass is 420 g/mol. The Hall–Kier alpha value is -1.93. The molecule has 0 bridgehead atoms. The first-order valence-electron chi connectivity index (χ1n) is 9.78. The number of hydrogen-bond donors (Lipinski definition) is 0. The highest BCUT2D eigenvalue weighted by molar-refractivity contribution is 7.20. The second-order valence-corrected chi connectivity index (χ2v) is 9.03. The van der Waals surface area contributed by atoms with E-state index in [0.717, 1.165) is 54.4 Å².